The van der Waals surface area contributed by atoms with Crippen molar-refractivity contribution in [1.82, 2.24) is 19.8 Å². The topological polar surface area (TPSA) is 77.5 Å². The van der Waals surface area contributed by atoms with E-state index in [1.54, 1.807) is 7.05 Å². The second kappa shape index (κ2) is 7.47. The van der Waals surface area contributed by atoms with Gasteiger partial charge in [0, 0.05) is 24.1 Å². The van der Waals surface area contributed by atoms with Crippen LogP contribution < -0.4 is 10.7 Å². The van der Waals surface area contributed by atoms with Gasteiger partial charge in [-0.05, 0) is 53.2 Å². The summed E-state index contributed by atoms with van der Waals surface area (Å²) < 4.78 is 8.44. The Morgan fingerprint density at radius 2 is 1.93 bits per heavy atom. The summed E-state index contributed by atoms with van der Waals surface area (Å²) in [5.74, 6) is 0.649. The fraction of sp³-hybridized carbons (Fsp3) is 0.263. The number of tetrazole rings is 1. The standard InChI is InChI=1S/C19H19ClN6O2/c1-13-4-3-5-17(26-19(27)24(2)22-23-26)16(13)12-28-18-10-11-25(21-18)15-8-6-14(20)7-9-15/h3-9H,10-12H2,1-2H3. The summed E-state index contributed by atoms with van der Waals surface area (Å²) in [7, 11) is 1.57. The van der Waals surface area contributed by atoms with E-state index in [-0.39, 0.29) is 12.3 Å². The second-order valence-corrected chi connectivity index (χ2v) is 6.94. The molecule has 3 aromatic rings. The first kappa shape index (κ1) is 18.2. The molecule has 9 heteroatoms. The van der Waals surface area contributed by atoms with Gasteiger partial charge in [0.15, 0.2) is 0 Å². The highest BCUT2D eigenvalue weighted by molar-refractivity contribution is 6.30. The van der Waals surface area contributed by atoms with Crippen molar-refractivity contribution in [3.63, 3.8) is 0 Å². The van der Waals surface area contributed by atoms with Crippen LogP contribution in [-0.4, -0.2) is 32.2 Å². The Kier molecular flexibility index (Phi) is 4.87. The predicted octanol–water partition coefficient (Wildman–Crippen LogP) is 2.67. The van der Waals surface area contributed by atoms with Crippen molar-refractivity contribution in [2.45, 2.75) is 20.0 Å². The molecule has 1 aromatic heterocycles. The maximum atomic E-state index is 12.2. The Morgan fingerprint density at radius 1 is 1.14 bits per heavy atom. The summed E-state index contributed by atoms with van der Waals surface area (Å²) in [6.07, 6.45) is 0.703. The molecule has 28 heavy (non-hydrogen) atoms. The monoisotopic (exact) mass is 398 g/mol. The van der Waals surface area contributed by atoms with Gasteiger partial charge in [-0.1, -0.05) is 23.7 Å². The Bertz CT molecular complexity index is 1090. The molecule has 0 saturated heterocycles. The highest BCUT2D eigenvalue weighted by atomic mass is 35.5. The van der Waals surface area contributed by atoms with E-state index >= 15 is 0 Å². The molecule has 1 aliphatic rings. The van der Waals surface area contributed by atoms with Gasteiger partial charge >= 0.3 is 5.69 Å². The van der Waals surface area contributed by atoms with Crippen LogP contribution in [0.5, 0.6) is 0 Å². The highest BCUT2D eigenvalue weighted by Crippen LogP contribution is 2.23. The summed E-state index contributed by atoms with van der Waals surface area (Å²) in [6, 6.07) is 13.2. The summed E-state index contributed by atoms with van der Waals surface area (Å²) in [5.41, 5.74) is 3.19. The van der Waals surface area contributed by atoms with Crippen molar-refractivity contribution < 1.29 is 4.74 Å². The third kappa shape index (κ3) is 3.50. The van der Waals surface area contributed by atoms with E-state index in [0.717, 1.165) is 23.4 Å². The molecule has 0 atom stereocenters. The summed E-state index contributed by atoms with van der Waals surface area (Å²) in [5, 5.41) is 14.8. The van der Waals surface area contributed by atoms with Crippen molar-refractivity contribution >= 4 is 23.2 Å². The lowest BCUT2D eigenvalue weighted by molar-refractivity contribution is 0.285. The lowest BCUT2D eigenvalue weighted by Gasteiger charge is -2.13. The maximum Gasteiger partial charge on any atom is 0.368 e. The zero-order valence-corrected chi connectivity index (χ0v) is 16.3. The number of hydrazone groups is 1. The number of aryl methyl sites for hydroxylation is 2. The van der Waals surface area contributed by atoms with Crippen molar-refractivity contribution in [1.29, 1.82) is 0 Å². The molecule has 144 valence electrons. The molecular weight excluding hydrogens is 380 g/mol. The largest absolute Gasteiger partial charge is 0.475 e. The van der Waals surface area contributed by atoms with Crippen molar-refractivity contribution in [3.8, 4) is 5.69 Å². The first-order valence-corrected chi connectivity index (χ1v) is 9.22. The first-order valence-electron chi connectivity index (χ1n) is 8.84. The van der Waals surface area contributed by atoms with E-state index in [2.05, 4.69) is 15.5 Å². The van der Waals surface area contributed by atoms with Crippen LogP contribution >= 0.6 is 11.6 Å². The van der Waals surface area contributed by atoms with Gasteiger partial charge in [0.05, 0.1) is 17.9 Å². The number of aromatic nitrogens is 4. The number of anilines is 1. The van der Waals surface area contributed by atoms with Gasteiger partial charge in [-0.2, -0.15) is 9.36 Å². The summed E-state index contributed by atoms with van der Waals surface area (Å²) >= 11 is 5.94. The molecule has 0 N–H and O–H groups in total. The number of hydrogen-bond donors (Lipinski definition) is 0. The van der Waals surface area contributed by atoms with E-state index < -0.39 is 0 Å². The van der Waals surface area contributed by atoms with Gasteiger partial charge in [-0.3, -0.25) is 5.01 Å². The van der Waals surface area contributed by atoms with Crippen molar-refractivity contribution in [2.75, 3.05) is 11.6 Å². The molecule has 1 aliphatic heterocycles. The van der Waals surface area contributed by atoms with Crippen molar-refractivity contribution in [3.05, 3.63) is 69.1 Å². The van der Waals surface area contributed by atoms with Crippen LogP contribution in [0.3, 0.4) is 0 Å². The SMILES string of the molecule is Cc1cccc(-n2nnn(C)c2=O)c1COC1=NN(c2ccc(Cl)cc2)CC1. The molecule has 0 saturated carbocycles. The predicted molar refractivity (Wildman–Crippen MR) is 107 cm³/mol. The number of hydrogen-bond acceptors (Lipinski definition) is 6. The molecule has 0 unspecified atom stereocenters. The van der Waals surface area contributed by atoms with Crippen LogP contribution in [0.2, 0.25) is 5.02 Å². The fourth-order valence-electron chi connectivity index (χ4n) is 3.03. The zero-order valence-electron chi connectivity index (χ0n) is 15.5. The number of benzene rings is 2. The molecule has 2 heterocycles. The quantitative estimate of drug-likeness (QED) is 0.675. The summed E-state index contributed by atoms with van der Waals surface area (Å²) in [6.45, 7) is 3.00. The van der Waals surface area contributed by atoms with Gasteiger partial charge in [0.1, 0.15) is 6.61 Å². The van der Waals surface area contributed by atoms with Gasteiger partial charge in [-0.25, -0.2) is 4.79 Å². The number of ether oxygens (including phenoxy) is 1. The van der Waals surface area contributed by atoms with E-state index in [1.807, 2.05) is 54.4 Å². The molecular formula is C19H19ClN6O2. The molecule has 2 aromatic carbocycles. The minimum Gasteiger partial charge on any atom is -0.475 e. The average Bonchev–Trinajstić information content (AvgIpc) is 3.29. The van der Waals surface area contributed by atoms with Gasteiger partial charge < -0.3 is 4.74 Å². The number of halogens is 1. The van der Waals surface area contributed by atoms with E-state index in [4.69, 9.17) is 16.3 Å². The molecule has 0 radical (unpaired) electrons. The Morgan fingerprint density at radius 3 is 2.64 bits per heavy atom. The van der Waals surface area contributed by atoms with Gasteiger partial charge in [0.25, 0.3) is 0 Å². The maximum absolute atomic E-state index is 12.2. The Hall–Kier alpha value is -3.13. The molecule has 8 nitrogen and oxygen atoms in total. The molecule has 0 spiro atoms. The molecule has 0 amide bonds. The summed E-state index contributed by atoms with van der Waals surface area (Å²) in [4.78, 5) is 12.2. The highest BCUT2D eigenvalue weighted by Gasteiger charge is 2.19. The van der Waals surface area contributed by atoms with Crippen molar-refractivity contribution in [2.24, 2.45) is 12.1 Å². The zero-order chi connectivity index (χ0) is 19.7. The average molecular weight is 399 g/mol. The van der Waals surface area contributed by atoms with Gasteiger partial charge in [-0.15, -0.1) is 5.10 Å². The molecule has 0 fully saturated rings. The molecule has 0 aliphatic carbocycles. The third-order valence-corrected chi connectivity index (χ3v) is 4.86. The van der Waals surface area contributed by atoms with E-state index in [0.29, 0.717) is 23.0 Å². The normalized spacial score (nSPS) is 13.7. The Labute approximate surface area is 166 Å². The van der Waals surface area contributed by atoms with Gasteiger partial charge in [0.2, 0.25) is 5.90 Å². The van der Waals surface area contributed by atoms with Crippen LogP contribution in [0, 0.1) is 6.92 Å². The Balaban J connectivity index is 1.54. The number of nitrogens with zero attached hydrogens (tertiary/aromatic N) is 6. The van der Waals surface area contributed by atoms with Crippen LogP contribution in [0.4, 0.5) is 5.69 Å². The third-order valence-electron chi connectivity index (χ3n) is 4.61. The van der Waals surface area contributed by atoms with Crippen LogP contribution in [-0.2, 0) is 18.4 Å². The van der Waals surface area contributed by atoms with E-state index in [1.165, 1.54) is 9.36 Å². The molecule has 0 bridgehead atoms. The van der Waals surface area contributed by atoms with Crippen LogP contribution in [0.25, 0.3) is 5.69 Å². The second-order valence-electron chi connectivity index (χ2n) is 6.50. The van der Waals surface area contributed by atoms with E-state index in [9.17, 15) is 4.79 Å². The van der Waals surface area contributed by atoms with Crippen LogP contribution in [0.15, 0.2) is 52.4 Å². The fourth-order valence-corrected chi connectivity index (χ4v) is 3.16. The molecule has 4 rings (SSSR count). The first-order chi connectivity index (χ1) is 13.5. The lowest BCUT2D eigenvalue weighted by Crippen LogP contribution is -2.23. The minimum atomic E-state index is -0.307. The van der Waals surface area contributed by atoms with Crippen LogP contribution in [0.1, 0.15) is 17.5 Å². The number of rotatable bonds is 4. The smallest absolute Gasteiger partial charge is 0.368 e. The lowest BCUT2D eigenvalue weighted by atomic mass is 10.1. The minimum absolute atomic E-state index is 0.290.